The summed E-state index contributed by atoms with van der Waals surface area (Å²) < 4.78 is 11.2. The van der Waals surface area contributed by atoms with Crippen molar-refractivity contribution in [3.05, 3.63) is 59.8 Å². The van der Waals surface area contributed by atoms with Crippen molar-refractivity contribution in [2.45, 2.75) is 71.8 Å². The van der Waals surface area contributed by atoms with Crippen molar-refractivity contribution in [1.29, 1.82) is 0 Å². The summed E-state index contributed by atoms with van der Waals surface area (Å²) >= 11 is 0. The van der Waals surface area contributed by atoms with E-state index in [0.717, 1.165) is 24.0 Å². The van der Waals surface area contributed by atoms with Crippen LogP contribution in [0.2, 0.25) is 0 Å². The van der Waals surface area contributed by atoms with Crippen LogP contribution in [0.1, 0.15) is 64.6 Å². The van der Waals surface area contributed by atoms with E-state index in [4.69, 9.17) is 9.47 Å². The summed E-state index contributed by atoms with van der Waals surface area (Å²) in [6.07, 6.45) is 2.47. The van der Waals surface area contributed by atoms with Gasteiger partial charge in [0.2, 0.25) is 0 Å². The molecule has 2 heterocycles. The van der Waals surface area contributed by atoms with Gasteiger partial charge in [-0.05, 0) is 59.1 Å². The average Bonchev–Trinajstić information content (AvgIpc) is 3.21. The predicted octanol–water partition coefficient (Wildman–Crippen LogP) is 5.71. The quantitative estimate of drug-likeness (QED) is 0.597. The summed E-state index contributed by atoms with van der Waals surface area (Å²) in [7, 11) is 0. The van der Waals surface area contributed by atoms with Crippen LogP contribution < -0.4 is 4.90 Å². The molecule has 0 aliphatic carbocycles. The molecule has 172 valence electrons. The third-order valence-electron chi connectivity index (χ3n) is 5.20. The first-order valence-electron chi connectivity index (χ1n) is 11.1. The zero-order valence-electron chi connectivity index (χ0n) is 19.6. The van der Waals surface area contributed by atoms with Gasteiger partial charge in [0.1, 0.15) is 18.0 Å². The Morgan fingerprint density at radius 2 is 1.88 bits per heavy atom. The third kappa shape index (κ3) is 5.78. The molecule has 0 unspecified atom stereocenters. The van der Waals surface area contributed by atoms with Crippen LogP contribution in [0.5, 0.6) is 0 Å². The molecule has 0 radical (unpaired) electrons. The molecule has 1 aliphatic rings. The summed E-state index contributed by atoms with van der Waals surface area (Å²) in [5.41, 5.74) is 1.13. The van der Waals surface area contributed by atoms with Crippen molar-refractivity contribution >= 4 is 18.0 Å². The first kappa shape index (κ1) is 23.6. The molecule has 0 N–H and O–H groups in total. The molecule has 1 atom stereocenters. The number of aromatic nitrogens is 1. The van der Waals surface area contributed by atoms with E-state index in [1.165, 1.54) is 0 Å². The Balaban J connectivity index is 1.83. The van der Waals surface area contributed by atoms with Gasteiger partial charge in [0.05, 0.1) is 6.04 Å². The van der Waals surface area contributed by atoms with Crippen LogP contribution in [-0.2, 0) is 16.1 Å². The molecule has 2 aromatic rings. The Morgan fingerprint density at radius 3 is 2.53 bits per heavy atom. The number of rotatable bonds is 5. The molecule has 1 aromatic carbocycles. The number of amides is 2. The van der Waals surface area contributed by atoms with Crippen molar-refractivity contribution in [3.8, 4) is 0 Å². The number of carbonyl (C=O) groups is 2. The lowest BCUT2D eigenvalue weighted by Crippen LogP contribution is -2.42. The molecule has 2 amide bonds. The fraction of sp³-hybridized carbons (Fsp3) is 0.480. The normalized spacial score (nSPS) is 16.2. The molecular weight excluding hydrogens is 406 g/mol. The Hall–Kier alpha value is -3.09. The standard InChI is InChI=1S/C25H33N3O4/c1-18(2)28(24(30)32-25(3,4)5)22-20(13-9-15-26-22)21-14-10-16-27(21)23(29)31-17-19-11-7-6-8-12-19/h6-9,11-13,15,18,21H,10,14,16-17H2,1-5H3/t21-/m1/s1. The third-order valence-corrected chi connectivity index (χ3v) is 5.20. The number of ether oxygens (including phenoxy) is 2. The molecule has 3 rings (SSSR count). The molecular formula is C25H33N3O4. The van der Waals surface area contributed by atoms with E-state index >= 15 is 0 Å². The number of carbonyl (C=O) groups excluding carboxylic acids is 2. The first-order chi connectivity index (χ1) is 15.2. The number of anilines is 1. The van der Waals surface area contributed by atoms with Crippen molar-refractivity contribution < 1.29 is 19.1 Å². The zero-order chi connectivity index (χ0) is 23.3. The van der Waals surface area contributed by atoms with Gasteiger partial charge >= 0.3 is 12.2 Å². The number of hydrogen-bond donors (Lipinski definition) is 0. The number of pyridine rings is 1. The average molecular weight is 440 g/mol. The number of likely N-dealkylation sites (tertiary alicyclic amines) is 1. The Labute approximate surface area is 190 Å². The number of hydrogen-bond acceptors (Lipinski definition) is 5. The summed E-state index contributed by atoms with van der Waals surface area (Å²) in [6, 6.07) is 13.0. The van der Waals surface area contributed by atoms with E-state index < -0.39 is 11.7 Å². The lowest BCUT2D eigenvalue weighted by molar-refractivity contribution is 0.0568. The topological polar surface area (TPSA) is 72.0 Å². The monoisotopic (exact) mass is 439 g/mol. The van der Waals surface area contributed by atoms with E-state index in [1.54, 1.807) is 16.0 Å². The minimum atomic E-state index is -0.625. The second-order valence-electron chi connectivity index (χ2n) is 9.25. The highest BCUT2D eigenvalue weighted by atomic mass is 16.6. The fourth-order valence-electron chi connectivity index (χ4n) is 3.83. The molecule has 7 nitrogen and oxygen atoms in total. The van der Waals surface area contributed by atoms with Gasteiger partial charge in [0, 0.05) is 24.3 Å². The molecule has 0 spiro atoms. The number of nitrogens with zero attached hydrogens (tertiary/aromatic N) is 3. The van der Waals surface area contributed by atoms with Gasteiger partial charge in [0.15, 0.2) is 0 Å². The highest BCUT2D eigenvalue weighted by Crippen LogP contribution is 2.37. The predicted molar refractivity (Wildman–Crippen MR) is 123 cm³/mol. The Bertz CT molecular complexity index is 924. The van der Waals surface area contributed by atoms with Crippen molar-refractivity contribution in [2.24, 2.45) is 0 Å². The minimum absolute atomic E-state index is 0.168. The van der Waals surface area contributed by atoms with Crippen molar-refractivity contribution in [2.75, 3.05) is 11.4 Å². The largest absolute Gasteiger partial charge is 0.445 e. The van der Waals surface area contributed by atoms with Crippen molar-refractivity contribution in [1.82, 2.24) is 9.88 Å². The van der Waals surface area contributed by atoms with Gasteiger partial charge in [-0.1, -0.05) is 36.4 Å². The summed E-state index contributed by atoms with van der Waals surface area (Å²) in [5.74, 6) is 0.518. The van der Waals surface area contributed by atoms with Gasteiger partial charge in [0.25, 0.3) is 0 Å². The van der Waals surface area contributed by atoms with Gasteiger partial charge in [-0.25, -0.2) is 14.6 Å². The lowest BCUT2D eigenvalue weighted by atomic mass is 10.0. The highest BCUT2D eigenvalue weighted by Gasteiger charge is 2.36. The summed E-state index contributed by atoms with van der Waals surface area (Å²) in [5, 5.41) is 0. The highest BCUT2D eigenvalue weighted by molar-refractivity contribution is 5.88. The van der Waals surface area contributed by atoms with Crippen LogP contribution in [0.15, 0.2) is 48.7 Å². The molecule has 1 fully saturated rings. The molecule has 1 aromatic heterocycles. The van der Waals surface area contributed by atoms with E-state index in [0.29, 0.717) is 12.4 Å². The van der Waals surface area contributed by atoms with Crippen molar-refractivity contribution in [3.63, 3.8) is 0 Å². The molecule has 0 saturated carbocycles. The van der Waals surface area contributed by atoms with Crippen LogP contribution >= 0.6 is 0 Å². The molecule has 7 heteroatoms. The second kappa shape index (κ2) is 10.0. The van der Waals surface area contributed by atoms with Gasteiger partial charge < -0.3 is 14.4 Å². The van der Waals surface area contributed by atoms with Gasteiger partial charge in [-0.2, -0.15) is 0 Å². The molecule has 1 aliphatic heterocycles. The SMILES string of the molecule is CC(C)N(C(=O)OC(C)(C)C)c1ncccc1[C@H]1CCCN1C(=O)OCc1ccccc1. The van der Waals surface area contributed by atoms with E-state index in [1.807, 2.05) is 77.1 Å². The van der Waals surface area contributed by atoms with Crippen LogP contribution in [0.3, 0.4) is 0 Å². The Kier molecular flexibility index (Phi) is 7.38. The Morgan fingerprint density at radius 1 is 1.16 bits per heavy atom. The maximum absolute atomic E-state index is 13.0. The second-order valence-corrected chi connectivity index (χ2v) is 9.25. The first-order valence-corrected chi connectivity index (χ1v) is 11.1. The molecule has 1 saturated heterocycles. The van der Waals surface area contributed by atoms with E-state index in [9.17, 15) is 9.59 Å². The smallest absolute Gasteiger partial charge is 0.416 e. The maximum atomic E-state index is 13.0. The number of benzene rings is 1. The summed E-state index contributed by atoms with van der Waals surface area (Å²) in [4.78, 5) is 33.7. The molecule has 32 heavy (non-hydrogen) atoms. The maximum Gasteiger partial charge on any atom is 0.416 e. The van der Waals surface area contributed by atoms with Crippen LogP contribution in [0.4, 0.5) is 15.4 Å². The van der Waals surface area contributed by atoms with E-state index in [2.05, 4.69) is 4.98 Å². The minimum Gasteiger partial charge on any atom is -0.445 e. The van der Waals surface area contributed by atoms with E-state index in [-0.39, 0.29) is 24.8 Å². The zero-order valence-corrected chi connectivity index (χ0v) is 19.6. The van der Waals surface area contributed by atoms with Crippen LogP contribution in [-0.4, -0.2) is 40.3 Å². The van der Waals surface area contributed by atoms with Gasteiger partial charge in [-0.15, -0.1) is 0 Å². The van der Waals surface area contributed by atoms with Crippen LogP contribution in [0, 0.1) is 0 Å². The van der Waals surface area contributed by atoms with Crippen LogP contribution in [0.25, 0.3) is 0 Å². The van der Waals surface area contributed by atoms with Gasteiger partial charge in [-0.3, -0.25) is 4.90 Å². The fourth-order valence-corrected chi connectivity index (χ4v) is 3.83. The molecule has 0 bridgehead atoms. The lowest BCUT2D eigenvalue weighted by Gasteiger charge is -2.32. The summed E-state index contributed by atoms with van der Waals surface area (Å²) in [6.45, 7) is 10.2.